The van der Waals surface area contributed by atoms with E-state index in [1.807, 2.05) is 0 Å². The van der Waals surface area contributed by atoms with Crippen LogP contribution in [-0.4, -0.2) is 96.7 Å². The fourth-order valence-corrected chi connectivity index (χ4v) is 13.9. The third-order valence-electron chi connectivity index (χ3n) is 19.3. The average Bonchev–Trinajstić information content (AvgIpc) is 0.935. The fourth-order valence-electron chi connectivity index (χ4n) is 12.4. The third-order valence-corrected chi connectivity index (χ3v) is 21.2. The zero-order chi connectivity index (χ0) is 74.8. The summed E-state index contributed by atoms with van der Waals surface area (Å²) in [4.78, 5) is 73.1. The Hall–Kier alpha value is -2.46. The first-order valence-electron chi connectivity index (χ1n) is 42.5. The molecule has 17 nitrogen and oxygen atoms in total. The Morgan fingerprint density at radius 1 is 0.314 bits per heavy atom. The van der Waals surface area contributed by atoms with E-state index in [1.165, 1.54) is 231 Å². The molecule has 0 spiro atoms. The van der Waals surface area contributed by atoms with Crippen molar-refractivity contribution in [2.24, 2.45) is 5.92 Å². The van der Waals surface area contributed by atoms with Crippen LogP contribution in [0.5, 0.6) is 0 Å². The SMILES string of the molecule is CCCCCC/C=C\C=C/CCCCCCCC(=O)O[C@H](COC(=O)CCCCCCCCCCCCCC)COP(=O)(O)OC[C@H](O)COP(=O)(O)OC[C@@H](COC(=O)CCCCCCCCCCCCCCCCCCC)OC(=O)CCCCCCCCCCCCCCCCC(C)CC. The number of aliphatic hydroxyl groups excluding tert-OH is 1. The summed E-state index contributed by atoms with van der Waals surface area (Å²) >= 11 is 0. The molecule has 0 aliphatic rings. The monoisotopic (exact) mass is 1490 g/mol. The number of hydrogen-bond acceptors (Lipinski definition) is 15. The van der Waals surface area contributed by atoms with E-state index in [9.17, 15) is 43.2 Å². The highest BCUT2D eigenvalue weighted by Crippen LogP contribution is 2.45. The van der Waals surface area contributed by atoms with Gasteiger partial charge in [-0.15, -0.1) is 0 Å². The summed E-state index contributed by atoms with van der Waals surface area (Å²) in [6, 6.07) is 0. The number of phosphoric acid groups is 2. The van der Waals surface area contributed by atoms with Gasteiger partial charge in [-0.25, -0.2) is 9.13 Å². The summed E-state index contributed by atoms with van der Waals surface area (Å²) in [5.74, 6) is -1.29. The second kappa shape index (κ2) is 75.4. The molecule has 0 radical (unpaired) electrons. The molecule has 602 valence electrons. The molecule has 0 aromatic heterocycles. The predicted octanol–water partition coefficient (Wildman–Crippen LogP) is 24.8. The Balaban J connectivity index is 5.29. The summed E-state index contributed by atoms with van der Waals surface area (Å²) < 4.78 is 68.8. The standard InChI is InChI=1S/C83H158O17P2/c1-6-10-13-16-19-22-25-28-30-31-33-37-42-47-52-57-62-67-81(86)94-73-79(100-83(88)69-64-59-54-49-44-39-35-34-36-40-45-50-55-60-65-76(5)9-4)75-98-102(91,92)96-71-77(84)70-95-101(89,90)97-74-78(72-93-80(85)66-61-56-51-46-41-27-24-21-18-15-12-8-3)99-82(87)68-63-58-53-48-43-38-32-29-26-23-20-17-14-11-7-2/h23,26,29,32,76-79,84H,6-22,24-25,27-28,30-31,33-75H2,1-5H3,(H,89,90)(H,91,92)/b26-23-,32-29-/t76?,77-,78+,79+/m0/s1. The maximum Gasteiger partial charge on any atom is 0.472 e. The minimum absolute atomic E-state index is 0.0858. The Morgan fingerprint density at radius 2 is 0.549 bits per heavy atom. The number of rotatable bonds is 81. The van der Waals surface area contributed by atoms with Gasteiger partial charge < -0.3 is 33.8 Å². The first-order valence-corrected chi connectivity index (χ1v) is 45.5. The first-order chi connectivity index (χ1) is 49.6. The van der Waals surface area contributed by atoms with Gasteiger partial charge in [0.1, 0.15) is 19.3 Å². The minimum atomic E-state index is -4.97. The fraction of sp³-hybridized carbons (Fsp3) is 0.904. The summed E-state index contributed by atoms with van der Waals surface area (Å²) in [5, 5.41) is 10.7. The van der Waals surface area contributed by atoms with Crippen LogP contribution in [0.2, 0.25) is 0 Å². The quantitative estimate of drug-likeness (QED) is 0.0169. The molecule has 0 aromatic rings. The number of esters is 4. The molecule has 0 aliphatic heterocycles. The molecule has 0 bridgehead atoms. The van der Waals surface area contributed by atoms with Crippen molar-refractivity contribution in [3.63, 3.8) is 0 Å². The summed E-state index contributed by atoms with van der Waals surface area (Å²) in [7, 11) is -9.94. The Labute approximate surface area is 624 Å². The molecule has 3 N–H and O–H groups in total. The van der Waals surface area contributed by atoms with E-state index in [0.29, 0.717) is 25.7 Å². The molecule has 0 saturated carbocycles. The second-order valence-corrected chi connectivity index (χ2v) is 32.3. The predicted molar refractivity (Wildman–Crippen MR) is 418 cm³/mol. The van der Waals surface area contributed by atoms with Crippen molar-refractivity contribution in [1.29, 1.82) is 0 Å². The van der Waals surface area contributed by atoms with Gasteiger partial charge >= 0.3 is 39.5 Å². The summed E-state index contributed by atoms with van der Waals surface area (Å²) in [6.07, 6.45) is 70.0. The van der Waals surface area contributed by atoms with Crippen molar-refractivity contribution in [3.8, 4) is 0 Å². The average molecular weight is 1490 g/mol. The summed E-state index contributed by atoms with van der Waals surface area (Å²) in [6.45, 7) is 7.33. The number of phosphoric ester groups is 2. The third kappa shape index (κ3) is 74.4. The first kappa shape index (κ1) is 99.5. The van der Waals surface area contributed by atoms with Crippen LogP contribution in [0.3, 0.4) is 0 Å². The highest BCUT2D eigenvalue weighted by Gasteiger charge is 2.30. The number of hydrogen-bond donors (Lipinski definition) is 3. The highest BCUT2D eigenvalue weighted by molar-refractivity contribution is 7.47. The molecular weight excluding hydrogens is 1330 g/mol. The molecule has 19 heteroatoms. The molecule has 0 saturated heterocycles. The van der Waals surface area contributed by atoms with Gasteiger partial charge in [0.2, 0.25) is 0 Å². The van der Waals surface area contributed by atoms with Gasteiger partial charge in [-0.3, -0.25) is 37.3 Å². The van der Waals surface area contributed by atoms with Crippen LogP contribution in [-0.2, 0) is 65.4 Å². The zero-order valence-electron chi connectivity index (χ0n) is 66.2. The molecule has 0 rings (SSSR count). The topological polar surface area (TPSA) is 237 Å². The lowest BCUT2D eigenvalue weighted by atomic mass is 9.99. The molecule has 0 heterocycles. The van der Waals surface area contributed by atoms with Crippen LogP contribution in [0.1, 0.15) is 420 Å². The normalized spacial score (nSPS) is 14.2. The highest BCUT2D eigenvalue weighted by atomic mass is 31.2. The Morgan fingerprint density at radius 3 is 0.833 bits per heavy atom. The van der Waals surface area contributed by atoms with E-state index in [0.717, 1.165) is 109 Å². The second-order valence-electron chi connectivity index (χ2n) is 29.4. The van der Waals surface area contributed by atoms with Crippen LogP contribution in [0.25, 0.3) is 0 Å². The van der Waals surface area contributed by atoms with Crippen LogP contribution < -0.4 is 0 Å². The van der Waals surface area contributed by atoms with Gasteiger partial charge in [-0.05, 0) is 57.3 Å². The molecular formula is C83H158O17P2. The van der Waals surface area contributed by atoms with Gasteiger partial charge in [0.05, 0.1) is 26.4 Å². The van der Waals surface area contributed by atoms with Crippen molar-refractivity contribution in [2.75, 3.05) is 39.6 Å². The van der Waals surface area contributed by atoms with E-state index < -0.39 is 97.5 Å². The van der Waals surface area contributed by atoms with Crippen LogP contribution in [0.4, 0.5) is 0 Å². The molecule has 0 amide bonds. The van der Waals surface area contributed by atoms with Crippen molar-refractivity contribution in [1.82, 2.24) is 0 Å². The van der Waals surface area contributed by atoms with E-state index in [4.69, 9.17) is 37.0 Å². The Bertz CT molecular complexity index is 2040. The molecule has 0 fully saturated rings. The number of unbranched alkanes of at least 4 members (excludes halogenated alkanes) is 49. The van der Waals surface area contributed by atoms with E-state index in [-0.39, 0.29) is 25.7 Å². The van der Waals surface area contributed by atoms with E-state index in [1.54, 1.807) is 0 Å². The van der Waals surface area contributed by atoms with Crippen LogP contribution in [0.15, 0.2) is 24.3 Å². The minimum Gasteiger partial charge on any atom is -0.462 e. The van der Waals surface area contributed by atoms with Crippen LogP contribution in [0, 0.1) is 5.92 Å². The van der Waals surface area contributed by atoms with E-state index in [2.05, 4.69) is 58.9 Å². The number of allylic oxidation sites excluding steroid dienone is 4. The Kier molecular flexibility index (Phi) is 73.5. The number of carbonyl (C=O) groups is 4. The molecule has 0 aromatic carbocycles. The lowest BCUT2D eigenvalue weighted by Gasteiger charge is -2.21. The molecule has 3 unspecified atom stereocenters. The van der Waals surface area contributed by atoms with Crippen molar-refractivity contribution < 1.29 is 80.2 Å². The molecule has 102 heavy (non-hydrogen) atoms. The lowest BCUT2D eigenvalue weighted by molar-refractivity contribution is -0.161. The van der Waals surface area contributed by atoms with Gasteiger partial charge in [0.25, 0.3) is 0 Å². The van der Waals surface area contributed by atoms with E-state index >= 15 is 0 Å². The lowest BCUT2D eigenvalue weighted by Crippen LogP contribution is -2.30. The van der Waals surface area contributed by atoms with Crippen LogP contribution >= 0.6 is 15.6 Å². The van der Waals surface area contributed by atoms with Gasteiger partial charge in [-0.1, -0.05) is 367 Å². The maximum atomic E-state index is 13.1. The number of aliphatic hydroxyl groups is 1. The number of carbonyl (C=O) groups excluding carboxylic acids is 4. The van der Waals surface area contributed by atoms with Gasteiger partial charge in [0, 0.05) is 25.7 Å². The van der Waals surface area contributed by atoms with Gasteiger partial charge in [0.15, 0.2) is 12.2 Å². The van der Waals surface area contributed by atoms with Crippen molar-refractivity contribution in [3.05, 3.63) is 24.3 Å². The smallest absolute Gasteiger partial charge is 0.462 e. The van der Waals surface area contributed by atoms with Crippen molar-refractivity contribution in [2.45, 2.75) is 438 Å². The largest absolute Gasteiger partial charge is 0.472 e. The molecule has 6 atom stereocenters. The summed E-state index contributed by atoms with van der Waals surface area (Å²) in [5.41, 5.74) is 0. The maximum absolute atomic E-state index is 13.1. The molecule has 0 aliphatic carbocycles. The number of ether oxygens (including phenoxy) is 4. The van der Waals surface area contributed by atoms with Crippen molar-refractivity contribution >= 4 is 39.5 Å². The van der Waals surface area contributed by atoms with Gasteiger partial charge in [-0.2, -0.15) is 0 Å². The zero-order valence-corrected chi connectivity index (χ0v) is 68.0.